The summed E-state index contributed by atoms with van der Waals surface area (Å²) in [5.74, 6) is 0.321. The van der Waals surface area contributed by atoms with Crippen LogP contribution in [0.2, 0.25) is 0 Å². The molecule has 0 N–H and O–H groups in total. The summed E-state index contributed by atoms with van der Waals surface area (Å²) in [5, 5.41) is 0. The van der Waals surface area contributed by atoms with Gasteiger partial charge in [-0.2, -0.15) is 0 Å². The Bertz CT molecular complexity index is 648. The molecule has 0 heterocycles. The third-order valence-corrected chi connectivity index (χ3v) is 3.09. The highest BCUT2D eigenvalue weighted by Crippen LogP contribution is 2.22. The first-order chi connectivity index (χ1) is 11.8. The van der Waals surface area contributed by atoms with E-state index < -0.39 is 5.97 Å². The van der Waals surface area contributed by atoms with Gasteiger partial charge in [0.25, 0.3) is 0 Å². The van der Waals surface area contributed by atoms with Crippen LogP contribution in [-0.4, -0.2) is 20.2 Å². The molecule has 2 aromatic rings. The van der Waals surface area contributed by atoms with Gasteiger partial charge in [0.15, 0.2) is 0 Å². The van der Waals surface area contributed by atoms with Crippen LogP contribution < -0.4 is 4.74 Å². The highest BCUT2D eigenvalue weighted by Gasteiger charge is 2.16. The molecule has 0 atom stereocenters. The molecule has 4 nitrogen and oxygen atoms in total. The van der Waals surface area contributed by atoms with Gasteiger partial charge in [-0.05, 0) is 23.3 Å². The van der Waals surface area contributed by atoms with E-state index in [9.17, 15) is 4.79 Å². The number of rotatable bonds is 6. The number of carbonyl (C=O) groups excluding carboxylic acids is 1. The third kappa shape index (κ3) is 5.47. The number of benzene rings is 2. The largest absolute Gasteiger partial charge is 0.503 e. The Morgan fingerprint density at radius 1 is 0.958 bits per heavy atom. The Kier molecular flexibility index (Phi) is 8.76. The van der Waals surface area contributed by atoms with E-state index in [-0.39, 0.29) is 0 Å². The van der Waals surface area contributed by atoms with Gasteiger partial charge >= 0.3 is 5.97 Å². The molecular formula is C20H24O4. The number of para-hydroxylation sites is 1. The first kappa shape index (κ1) is 19.3. The number of hydrogen-bond donors (Lipinski definition) is 0. The number of hydrogen-bond acceptors (Lipinski definition) is 4. The maximum Gasteiger partial charge on any atom is 0.341 e. The lowest BCUT2D eigenvalue weighted by atomic mass is 10.0. The second-order valence-electron chi connectivity index (χ2n) is 4.52. The minimum atomic E-state index is -0.450. The molecule has 0 spiro atoms. The van der Waals surface area contributed by atoms with Crippen molar-refractivity contribution in [2.75, 3.05) is 14.2 Å². The molecule has 4 heteroatoms. The first-order valence-electron chi connectivity index (χ1n) is 7.83. The summed E-state index contributed by atoms with van der Waals surface area (Å²) in [6, 6.07) is 17.0. The molecule has 0 aromatic heterocycles. The minimum Gasteiger partial charge on any atom is -0.503 e. The van der Waals surface area contributed by atoms with Crippen LogP contribution in [0.1, 0.15) is 25.0 Å². The summed E-state index contributed by atoms with van der Waals surface area (Å²) in [6.07, 6.45) is 1.38. The molecule has 24 heavy (non-hydrogen) atoms. The molecule has 0 bridgehead atoms. The Morgan fingerprint density at radius 3 is 2.21 bits per heavy atom. The fraction of sp³-hybridized carbons (Fsp3) is 0.250. The van der Waals surface area contributed by atoms with Crippen molar-refractivity contribution in [3.05, 3.63) is 72.0 Å². The van der Waals surface area contributed by atoms with Gasteiger partial charge in [0.2, 0.25) is 0 Å². The molecule has 0 saturated carbocycles. The van der Waals surface area contributed by atoms with E-state index in [0.717, 1.165) is 16.9 Å². The number of methoxy groups -OCH3 is 2. The van der Waals surface area contributed by atoms with Crippen LogP contribution in [0.5, 0.6) is 5.75 Å². The molecule has 0 aliphatic rings. The lowest BCUT2D eigenvalue weighted by Gasteiger charge is -2.12. The number of esters is 1. The van der Waals surface area contributed by atoms with Crippen LogP contribution in [0.25, 0.3) is 5.57 Å². The highest BCUT2D eigenvalue weighted by atomic mass is 16.5. The Hall–Kier alpha value is -2.75. The molecule has 0 saturated heterocycles. The summed E-state index contributed by atoms with van der Waals surface area (Å²) < 4.78 is 15.6. The van der Waals surface area contributed by atoms with E-state index >= 15 is 0 Å². The zero-order valence-electron chi connectivity index (χ0n) is 14.6. The van der Waals surface area contributed by atoms with E-state index in [1.54, 1.807) is 0 Å². The molecular weight excluding hydrogens is 304 g/mol. The Morgan fingerprint density at radius 2 is 1.58 bits per heavy atom. The van der Waals surface area contributed by atoms with Gasteiger partial charge in [-0.3, -0.25) is 0 Å². The molecule has 2 aromatic carbocycles. The normalized spacial score (nSPS) is 10.2. The summed E-state index contributed by atoms with van der Waals surface area (Å²) in [6.45, 7) is 4.35. The van der Waals surface area contributed by atoms with Crippen molar-refractivity contribution in [3.63, 3.8) is 0 Å². The van der Waals surface area contributed by atoms with Crippen molar-refractivity contribution in [2.45, 2.75) is 20.5 Å². The predicted octanol–water partition coefficient (Wildman–Crippen LogP) is 4.45. The zero-order valence-corrected chi connectivity index (χ0v) is 14.6. The SMILES string of the molecule is CC.CO/C=C(/C(=O)OC)c1ccccc1COc1ccccc1. The monoisotopic (exact) mass is 328 g/mol. The number of carbonyl (C=O) groups is 1. The second-order valence-corrected chi connectivity index (χ2v) is 4.52. The molecule has 2 rings (SSSR count). The van der Waals surface area contributed by atoms with Gasteiger partial charge in [0.1, 0.15) is 17.9 Å². The van der Waals surface area contributed by atoms with Crippen LogP contribution in [0, 0.1) is 0 Å². The second kappa shape index (κ2) is 10.9. The molecule has 0 radical (unpaired) electrons. The number of ether oxygens (including phenoxy) is 3. The average molecular weight is 328 g/mol. The van der Waals surface area contributed by atoms with Crippen LogP contribution in [-0.2, 0) is 20.9 Å². The fourth-order valence-electron chi connectivity index (χ4n) is 2.04. The van der Waals surface area contributed by atoms with Gasteiger partial charge in [-0.1, -0.05) is 56.3 Å². The summed E-state index contributed by atoms with van der Waals surface area (Å²) in [5.41, 5.74) is 1.96. The van der Waals surface area contributed by atoms with Crippen molar-refractivity contribution in [2.24, 2.45) is 0 Å². The van der Waals surface area contributed by atoms with Gasteiger partial charge in [0, 0.05) is 0 Å². The van der Waals surface area contributed by atoms with E-state index in [0.29, 0.717) is 12.2 Å². The van der Waals surface area contributed by atoms with Gasteiger partial charge in [-0.25, -0.2) is 4.79 Å². The molecule has 0 aliphatic carbocycles. The maximum absolute atomic E-state index is 11.9. The van der Waals surface area contributed by atoms with Gasteiger partial charge in [0.05, 0.1) is 20.5 Å². The first-order valence-corrected chi connectivity index (χ1v) is 7.83. The maximum atomic E-state index is 11.9. The standard InChI is InChI=1S/C18H18O4.C2H6/c1-20-13-17(18(19)21-2)16-11-7-6-8-14(16)12-22-15-9-4-3-5-10-15;1-2/h3-11,13H,12H2,1-2H3;1-2H3/b17-13+;. The third-order valence-electron chi connectivity index (χ3n) is 3.09. The summed E-state index contributed by atoms with van der Waals surface area (Å²) in [7, 11) is 2.83. The molecule has 0 fully saturated rings. The lowest BCUT2D eigenvalue weighted by Crippen LogP contribution is -2.08. The van der Waals surface area contributed by atoms with E-state index in [1.807, 2.05) is 68.4 Å². The minimum absolute atomic E-state index is 0.345. The summed E-state index contributed by atoms with van der Waals surface area (Å²) in [4.78, 5) is 11.9. The summed E-state index contributed by atoms with van der Waals surface area (Å²) >= 11 is 0. The van der Waals surface area contributed by atoms with Crippen molar-refractivity contribution < 1.29 is 19.0 Å². The average Bonchev–Trinajstić information content (AvgIpc) is 2.66. The van der Waals surface area contributed by atoms with Crippen LogP contribution in [0.4, 0.5) is 0 Å². The van der Waals surface area contributed by atoms with E-state index in [2.05, 4.69) is 0 Å². The van der Waals surface area contributed by atoms with E-state index in [1.165, 1.54) is 20.5 Å². The van der Waals surface area contributed by atoms with Crippen molar-refractivity contribution >= 4 is 11.5 Å². The van der Waals surface area contributed by atoms with E-state index in [4.69, 9.17) is 14.2 Å². The highest BCUT2D eigenvalue weighted by molar-refractivity contribution is 6.16. The Balaban J connectivity index is 0.00000139. The van der Waals surface area contributed by atoms with Crippen molar-refractivity contribution in [3.8, 4) is 5.75 Å². The molecule has 0 unspecified atom stereocenters. The van der Waals surface area contributed by atoms with Gasteiger partial charge < -0.3 is 14.2 Å². The Labute approximate surface area is 143 Å². The van der Waals surface area contributed by atoms with Gasteiger partial charge in [-0.15, -0.1) is 0 Å². The van der Waals surface area contributed by atoms with Crippen LogP contribution >= 0.6 is 0 Å². The molecule has 0 aliphatic heterocycles. The smallest absolute Gasteiger partial charge is 0.341 e. The quantitative estimate of drug-likeness (QED) is 0.446. The fourth-order valence-corrected chi connectivity index (χ4v) is 2.04. The van der Waals surface area contributed by atoms with Crippen molar-refractivity contribution in [1.82, 2.24) is 0 Å². The predicted molar refractivity (Wildman–Crippen MR) is 95.6 cm³/mol. The zero-order chi connectivity index (χ0) is 17.8. The van der Waals surface area contributed by atoms with Crippen molar-refractivity contribution in [1.29, 1.82) is 0 Å². The lowest BCUT2D eigenvalue weighted by molar-refractivity contribution is -0.133. The van der Waals surface area contributed by atoms with Crippen LogP contribution in [0.3, 0.4) is 0 Å². The topological polar surface area (TPSA) is 44.8 Å². The van der Waals surface area contributed by atoms with Crippen LogP contribution in [0.15, 0.2) is 60.9 Å². The molecule has 128 valence electrons. The molecule has 0 amide bonds.